The summed E-state index contributed by atoms with van der Waals surface area (Å²) in [6.07, 6.45) is 3.54. The molecule has 1 atom stereocenters. The van der Waals surface area contributed by atoms with E-state index in [9.17, 15) is 18.0 Å². The molecule has 5 N–H and O–H groups in total. The highest BCUT2D eigenvalue weighted by molar-refractivity contribution is 7.89. The molecule has 0 saturated heterocycles. The molecule has 0 aliphatic heterocycles. The standard InChI is InChI=1S/C33H40N8O4S.ClH/c1-21-17-28(46(44,45)41(2)3)15-16-29(21)26-6-4-5-23(18-26)19-30(36-32(42)25-9-7-22(20-34)8-10-25)33(43)35-27-13-11-24(12-14-27)31-37-39-40-38-31;/h4-6,11-18,22,25,30H,7-10,19-20,34H2,1-3H3,(H,35,43)(H,36,42)(H,37,38,39,40);1H/t22?,25?,30-;/m0./s1. The lowest BCUT2D eigenvalue weighted by Crippen LogP contribution is -2.48. The summed E-state index contributed by atoms with van der Waals surface area (Å²) in [4.78, 5) is 27.3. The lowest BCUT2D eigenvalue weighted by molar-refractivity contribution is -0.130. The van der Waals surface area contributed by atoms with Crippen LogP contribution < -0.4 is 16.4 Å². The average Bonchev–Trinajstić information content (AvgIpc) is 3.60. The number of carbonyl (C=O) groups excluding carboxylic acids is 2. The molecule has 250 valence electrons. The molecule has 2 amide bonds. The number of anilines is 1. The minimum absolute atomic E-state index is 0. The van der Waals surface area contributed by atoms with Gasteiger partial charge in [0.15, 0.2) is 5.82 Å². The van der Waals surface area contributed by atoms with Crippen molar-refractivity contribution >= 4 is 39.9 Å². The van der Waals surface area contributed by atoms with Crippen LogP contribution in [0.3, 0.4) is 0 Å². The molecular weight excluding hydrogens is 640 g/mol. The van der Waals surface area contributed by atoms with E-state index < -0.39 is 16.1 Å². The average molecular weight is 681 g/mol. The number of carbonyl (C=O) groups is 2. The number of hydrogen-bond donors (Lipinski definition) is 4. The lowest BCUT2D eigenvalue weighted by atomic mass is 9.81. The molecular formula is C33H41ClN8O4S. The van der Waals surface area contributed by atoms with Crippen molar-refractivity contribution in [2.24, 2.45) is 17.6 Å². The normalized spacial score (nSPS) is 17.0. The van der Waals surface area contributed by atoms with E-state index in [-0.39, 0.29) is 41.5 Å². The van der Waals surface area contributed by atoms with Gasteiger partial charge in [0.2, 0.25) is 21.8 Å². The molecule has 3 aromatic carbocycles. The first-order valence-electron chi connectivity index (χ1n) is 15.3. The fourth-order valence-corrected chi connectivity index (χ4v) is 6.80. The number of aromatic amines is 1. The van der Waals surface area contributed by atoms with Crippen LogP contribution in [-0.2, 0) is 26.0 Å². The maximum Gasteiger partial charge on any atom is 0.247 e. The Morgan fingerprint density at radius 2 is 1.72 bits per heavy atom. The van der Waals surface area contributed by atoms with Crippen LogP contribution in [0.5, 0.6) is 0 Å². The van der Waals surface area contributed by atoms with Gasteiger partial charge in [0, 0.05) is 37.7 Å². The number of rotatable bonds is 11. The van der Waals surface area contributed by atoms with Crippen molar-refractivity contribution in [3.05, 3.63) is 77.9 Å². The highest BCUT2D eigenvalue weighted by Crippen LogP contribution is 2.30. The number of H-pyrrole nitrogens is 1. The molecule has 1 saturated carbocycles. The van der Waals surface area contributed by atoms with E-state index in [0.29, 0.717) is 24.0 Å². The van der Waals surface area contributed by atoms with E-state index in [4.69, 9.17) is 5.73 Å². The number of tetrazole rings is 1. The van der Waals surface area contributed by atoms with Crippen molar-refractivity contribution in [2.45, 2.75) is 50.0 Å². The molecule has 1 heterocycles. The molecule has 47 heavy (non-hydrogen) atoms. The number of halogens is 1. The van der Waals surface area contributed by atoms with Gasteiger partial charge in [0.25, 0.3) is 0 Å². The summed E-state index contributed by atoms with van der Waals surface area (Å²) in [5.74, 6) is 0.309. The van der Waals surface area contributed by atoms with Gasteiger partial charge < -0.3 is 16.4 Å². The summed E-state index contributed by atoms with van der Waals surface area (Å²) >= 11 is 0. The third-order valence-electron chi connectivity index (χ3n) is 8.61. The summed E-state index contributed by atoms with van der Waals surface area (Å²) < 4.78 is 26.5. The van der Waals surface area contributed by atoms with Gasteiger partial charge in [-0.15, -0.1) is 17.5 Å². The fourth-order valence-electron chi connectivity index (χ4n) is 5.81. The van der Waals surface area contributed by atoms with E-state index in [1.165, 1.54) is 18.4 Å². The molecule has 0 radical (unpaired) electrons. The smallest absolute Gasteiger partial charge is 0.247 e. The van der Waals surface area contributed by atoms with Gasteiger partial charge in [-0.3, -0.25) is 9.59 Å². The Kier molecular flexibility index (Phi) is 11.9. The van der Waals surface area contributed by atoms with Gasteiger partial charge in [-0.1, -0.05) is 30.3 Å². The third-order valence-corrected chi connectivity index (χ3v) is 10.4. The van der Waals surface area contributed by atoms with Gasteiger partial charge >= 0.3 is 0 Å². The van der Waals surface area contributed by atoms with E-state index in [2.05, 4.69) is 31.3 Å². The number of aryl methyl sites for hydroxylation is 1. The first-order valence-corrected chi connectivity index (χ1v) is 16.8. The Bertz CT molecular complexity index is 1770. The van der Waals surface area contributed by atoms with Gasteiger partial charge in [0.1, 0.15) is 6.04 Å². The van der Waals surface area contributed by atoms with E-state index in [1.807, 2.05) is 31.2 Å². The van der Waals surface area contributed by atoms with Crippen LogP contribution in [0, 0.1) is 18.8 Å². The largest absolute Gasteiger partial charge is 0.344 e. The second-order valence-electron chi connectivity index (χ2n) is 12.0. The first kappa shape index (κ1) is 35.7. The van der Waals surface area contributed by atoms with E-state index >= 15 is 0 Å². The maximum atomic E-state index is 13.7. The van der Waals surface area contributed by atoms with Crippen LogP contribution in [0.15, 0.2) is 71.6 Å². The molecule has 0 unspecified atom stereocenters. The molecule has 1 aliphatic carbocycles. The van der Waals surface area contributed by atoms with Crippen LogP contribution in [-0.4, -0.2) is 71.8 Å². The second-order valence-corrected chi connectivity index (χ2v) is 14.2. The van der Waals surface area contributed by atoms with Crippen molar-refractivity contribution in [1.29, 1.82) is 0 Å². The summed E-state index contributed by atoms with van der Waals surface area (Å²) in [5, 5.41) is 19.8. The minimum Gasteiger partial charge on any atom is -0.344 e. The molecule has 14 heteroatoms. The number of hydrogen-bond acceptors (Lipinski definition) is 8. The second kappa shape index (κ2) is 15.6. The molecule has 1 fully saturated rings. The summed E-state index contributed by atoms with van der Waals surface area (Å²) in [6.45, 7) is 2.49. The molecule has 0 spiro atoms. The van der Waals surface area contributed by atoms with E-state index in [0.717, 1.165) is 53.5 Å². The quantitative estimate of drug-likeness (QED) is 0.184. The Morgan fingerprint density at radius 3 is 2.34 bits per heavy atom. The Balaban J connectivity index is 0.00000500. The zero-order valence-corrected chi connectivity index (χ0v) is 28.3. The van der Waals surface area contributed by atoms with Crippen LogP contribution >= 0.6 is 12.4 Å². The van der Waals surface area contributed by atoms with Crippen molar-refractivity contribution in [3.63, 3.8) is 0 Å². The van der Waals surface area contributed by atoms with Crippen LogP contribution in [0.1, 0.15) is 36.8 Å². The monoisotopic (exact) mass is 680 g/mol. The van der Waals surface area contributed by atoms with E-state index in [1.54, 1.807) is 42.5 Å². The molecule has 4 aromatic rings. The van der Waals surface area contributed by atoms with Crippen molar-refractivity contribution in [1.82, 2.24) is 30.2 Å². The number of nitrogens with two attached hydrogens (primary N) is 1. The lowest BCUT2D eigenvalue weighted by Gasteiger charge is -2.28. The topological polar surface area (TPSA) is 176 Å². The zero-order chi connectivity index (χ0) is 32.8. The number of amides is 2. The first-order chi connectivity index (χ1) is 22.0. The summed E-state index contributed by atoms with van der Waals surface area (Å²) in [5.41, 5.74) is 10.6. The number of nitrogens with one attached hydrogen (secondary N) is 3. The van der Waals surface area contributed by atoms with Gasteiger partial charge in [-0.2, -0.15) is 0 Å². The Hall–Kier alpha value is -4.17. The van der Waals surface area contributed by atoms with Gasteiger partial charge in [0.05, 0.1) is 4.90 Å². The summed E-state index contributed by atoms with van der Waals surface area (Å²) in [7, 11) is -0.557. The minimum atomic E-state index is -3.57. The van der Waals surface area contributed by atoms with Crippen molar-refractivity contribution in [2.75, 3.05) is 26.0 Å². The Morgan fingerprint density at radius 1 is 1.00 bits per heavy atom. The van der Waals surface area contributed by atoms with Crippen LogP contribution in [0.4, 0.5) is 5.69 Å². The van der Waals surface area contributed by atoms with Gasteiger partial charge in [-0.05, 0) is 114 Å². The molecule has 12 nitrogen and oxygen atoms in total. The number of nitrogens with zero attached hydrogens (tertiary/aromatic N) is 4. The highest BCUT2D eigenvalue weighted by Gasteiger charge is 2.29. The van der Waals surface area contributed by atoms with Crippen molar-refractivity contribution < 1.29 is 18.0 Å². The van der Waals surface area contributed by atoms with Gasteiger partial charge in [-0.25, -0.2) is 17.8 Å². The predicted molar refractivity (Wildman–Crippen MR) is 183 cm³/mol. The predicted octanol–water partition coefficient (Wildman–Crippen LogP) is 3.95. The fraction of sp³-hybridized carbons (Fsp3) is 0.364. The maximum absolute atomic E-state index is 13.7. The number of benzene rings is 3. The zero-order valence-electron chi connectivity index (χ0n) is 26.6. The Labute approximate surface area is 281 Å². The molecule has 1 aromatic heterocycles. The third kappa shape index (κ3) is 8.60. The SMILES string of the molecule is Cc1cc(S(=O)(=O)N(C)C)ccc1-c1cccc(C[C@H](NC(=O)C2CCC(CN)CC2)C(=O)Nc2ccc(-c3nnn[nH]3)cc2)c1.Cl. The van der Waals surface area contributed by atoms with Crippen LogP contribution in [0.2, 0.25) is 0 Å². The molecule has 1 aliphatic rings. The highest BCUT2D eigenvalue weighted by atomic mass is 35.5. The molecule has 0 bridgehead atoms. The number of aromatic nitrogens is 4. The summed E-state index contributed by atoms with van der Waals surface area (Å²) in [6, 6.07) is 19.1. The van der Waals surface area contributed by atoms with Crippen molar-refractivity contribution in [3.8, 4) is 22.5 Å². The van der Waals surface area contributed by atoms with Crippen LogP contribution in [0.25, 0.3) is 22.5 Å². The molecule has 5 rings (SSSR count). The number of sulfonamides is 1.